The minimum atomic E-state index is -1.80. The van der Waals surface area contributed by atoms with Crippen molar-refractivity contribution in [3.05, 3.63) is 132 Å². The lowest BCUT2D eigenvalue weighted by molar-refractivity contribution is 0.905. The molecule has 0 radical (unpaired) electrons. The van der Waals surface area contributed by atoms with Gasteiger partial charge >= 0.3 is 0 Å². The molecule has 0 N–H and O–H groups in total. The summed E-state index contributed by atoms with van der Waals surface area (Å²) in [4.78, 5) is 0. The van der Waals surface area contributed by atoms with Gasteiger partial charge in [0.05, 0.1) is 11.4 Å². The van der Waals surface area contributed by atoms with Crippen LogP contribution < -0.4 is 9.35 Å². The van der Waals surface area contributed by atoms with Gasteiger partial charge in [0, 0.05) is 11.4 Å². The molecule has 0 saturated heterocycles. The molecule has 0 saturated carbocycles. The van der Waals surface area contributed by atoms with Gasteiger partial charge in [-0.25, -0.2) is 0 Å². The molecule has 0 aliphatic rings. The molecule has 0 amide bonds. The highest BCUT2D eigenvalue weighted by molar-refractivity contribution is 6.80. The maximum absolute atomic E-state index is 5.37. The van der Waals surface area contributed by atoms with E-state index >= 15 is 0 Å². The Bertz CT molecular complexity index is 1300. The Morgan fingerprint density at radius 2 is 0.756 bits per heavy atom. The van der Waals surface area contributed by atoms with Gasteiger partial charge in [-0.1, -0.05) is 97.1 Å². The second-order valence-electron chi connectivity index (χ2n) is 12.3. The largest absolute Gasteiger partial charge is 0.295 e. The van der Waals surface area contributed by atoms with E-state index in [4.69, 9.17) is 10.2 Å². The van der Waals surface area contributed by atoms with Crippen molar-refractivity contribution in [2.24, 2.45) is 10.2 Å². The van der Waals surface area contributed by atoms with Crippen molar-refractivity contribution >= 4 is 39.3 Å². The highest BCUT2D eigenvalue weighted by Crippen LogP contribution is 2.25. The third kappa shape index (κ3) is 8.62. The zero-order valence-electron chi connectivity index (χ0n) is 25.5. The Balaban J connectivity index is 1.68. The number of hydrogen-bond acceptors (Lipinski definition) is 4. The van der Waals surface area contributed by atoms with E-state index in [0.717, 1.165) is 42.1 Å². The monoisotopic (exact) mass is 576 g/mol. The molecular formula is C35H44N4Si2. The topological polar surface area (TPSA) is 31.2 Å². The van der Waals surface area contributed by atoms with E-state index in [2.05, 4.69) is 170 Å². The minimum Gasteiger partial charge on any atom is -0.295 e. The summed E-state index contributed by atoms with van der Waals surface area (Å²) < 4.78 is 4.59. The van der Waals surface area contributed by atoms with Crippen molar-refractivity contribution in [1.82, 2.24) is 0 Å². The van der Waals surface area contributed by atoms with E-state index in [9.17, 15) is 0 Å². The summed E-state index contributed by atoms with van der Waals surface area (Å²) in [6.45, 7) is 14.1. The molecule has 4 nitrogen and oxygen atoms in total. The number of benzene rings is 4. The normalized spacial score (nSPS) is 12.7. The van der Waals surface area contributed by atoms with Crippen LogP contribution in [0.4, 0.5) is 11.4 Å². The summed E-state index contributed by atoms with van der Waals surface area (Å²) in [6.07, 6.45) is 2.67. The summed E-state index contributed by atoms with van der Waals surface area (Å²) >= 11 is 0. The lowest BCUT2D eigenvalue weighted by atomic mass is 10.0. The first-order chi connectivity index (χ1) is 19.6. The number of hydrogen-bond donors (Lipinski definition) is 0. The Kier molecular flexibility index (Phi) is 10.1. The van der Waals surface area contributed by atoms with Gasteiger partial charge in [-0.05, 0) is 93.9 Å². The van der Waals surface area contributed by atoms with Crippen LogP contribution in [0.5, 0.6) is 0 Å². The lowest BCUT2D eigenvalue weighted by Gasteiger charge is -2.33. The van der Waals surface area contributed by atoms with Crippen molar-refractivity contribution in [3.63, 3.8) is 0 Å². The zero-order valence-corrected chi connectivity index (χ0v) is 27.5. The van der Waals surface area contributed by atoms with E-state index in [1.165, 1.54) is 11.1 Å². The maximum atomic E-state index is 5.37. The molecule has 0 aliphatic heterocycles. The summed E-state index contributed by atoms with van der Waals surface area (Å²) in [5, 5.41) is 10.7. The first kappa shape index (κ1) is 30.2. The predicted octanol–water partition coefficient (Wildman–Crippen LogP) is 9.65. The minimum absolute atomic E-state index is 0.863. The quantitative estimate of drug-likeness (QED) is 0.0955. The fraction of sp³-hybridized carbons (Fsp3) is 0.257. The Morgan fingerprint density at radius 3 is 1.05 bits per heavy atom. The molecule has 0 atom stereocenters. The summed E-state index contributed by atoms with van der Waals surface area (Å²) in [7, 11) is -3.59. The van der Waals surface area contributed by atoms with Crippen LogP contribution in [-0.4, -0.2) is 27.9 Å². The Labute approximate surface area is 249 Å². The summed E-state index contributed by atoms with van der Waals surface area (Å²) in [6, 6.07) is 42.5. The highest BCUT2D eigenvalue weighted by Gasteiger charge is 2.27. The molecule has 41 heavy (non-hydrogen) atoms. The van der Waals surface area contributed by atoms with Crippen LogP contribution in [0, 0.1) is 0 Å². The van der Waals surface area contributed by atoms with Crippen LogP contribution in [0.3, 0.4) is 0 Å². The molecule has 0 fully saturated rings. The van der Waals surface area contributed by atoms with Crippen LogP contribution in [0.1, 0.15) is 30.4 Å². The number of hydrazone groups is 2. The highest BCUT2D eigenvalue weighted by atomic mass is 28.3. The summed E-state index contributed by atoms with van der Waals surface area (Å²) in [5.74, 6) is 0. The first-order valence-electron chi connectivity index (χ1n) is 14.6. The van der Waals surface area contributed by atoms with Gasteiger partial charge in [0.15, 0.2) is 16.5 Å². The number of anilines is 2. The van der Waals surface area contributed by atoms with E-state index in [0.29, 0.717) is 0 Å². The van der Waals surface area contributed by atoms with Gasteiger partial charge in [-0.2, -0.15) is 10.2 Å². The van der Waals surface area contributed by atoms with Crippen LogP contribution in [-0.2, 0) is 0 Å². The molecular weight excluding hydrogens is 533 g/mol. The predicted molar refractivity (Wildman–Crippen MR) is 184 cm³/mol. The smallest absolute Gasteiger partial charge is 0.176 e. The Hall–Kier alpha value is -3.75. The average molecular weight is 577 g/mol. The Morgan fingerprint density at radius 1 is 0.463 bits per heavy atom. The van der Waals surface area contributed by atoms with E-state index in [-0.39, 0.29) is 0 Å². The van der Waals surface area contributed by atoms with E-state index < -0.39 is 16.5 Å². The molecule has 0 unspecified atom stereocenters. The molecule has 0 aromatic heterocycles. The second kappa shape index (κ2) is 13.7. The molecule has 0 heterocycles. The van der Waals surface area contributed by atoms with Crippen molar-refractivity contribution < 1.29 is 0 Å². The maximum Gasteiger partial charge on any atom is 0.176 e. The van der Waals surface area contributed by atoms with E-state index in [1.54, 1.807) is 0 Å². The zero-order chi connectivity index (χ0) is 29.3. The van der Waals surface area contributed by atoms with Gasteiger partial charge in [-0.3, -0.25) is 9.35 Å². The van der Waals surface area contributed by atoms with Gasteiger partial charge < -0.3 is 0 Å². The molecule has 4 aromatic carbocycles. The van der Waals surface area contributed by atoms with Gasteiger partial charge in [0.2, 0.25) is 0 Å². The van der Waals surface area contributed by atoms with Gasteiger partial charge in [0.25, 0.3) is 0 Å². The number of para-hydroxylation sites is 2. The van der Waals surface area contributed by atoms with Crippen molar-refractivity contribution in [3.8, 4) is 0 Å². The first-order valence-corrected chi connectivity index (χ1v) is 21.5. The molecule has 0 bridgehead atoms. The SMILES string of the molecule is C[Si](C)(C)N(/N=C(/CCC/C(=N\N(c1ccccc1)[Si](C)(C)C)c1ccccc1)c1ccccc1)c1ccccc1. The molecule has 0 aliphatic carbocycles. The van der Waals surface area contributed by atoms with Crippen molar-refractivity contribution in [1.29, 1.82) is 0 Å². The van der Waals surface area contributed by atoms with E-state index in [1.807, 2.05) is 0 Å². The average Bonchev–Trinajstić information content (AvgIpc) is 2.97. The number of rotatable bonds is 12. The molecule has 6 heteroatoms. The fourth-order valence-electron chi connectivity index (χ4n) is 4.76. The second-order valence-corrected chi connectivity index (χ2v) is 21.8. The third-order valence-electron chi connectivity index (χ3n) is 6.75. The van der Waals surface area contributed by atoms with Crippen LogP contribution in [0.15, 0.2) is 132 Å². The van der Waals surface area contributed by atoms with Crippen LogP contribution in [0.2, 0.25) is 39.3 Å². The van der Waals surface area contributed by atoms with Crippen LogP contribution >= 0.6 is 0 Å². The lowest BCUT2D eigenvalue weighted by Crippen LogP contribution is -2.43. The van der Waals surface area contributed by atoms with Crippen molar-refractivity contribution in [2.75, 3.05) is 9.35 Å². The molecule has 4 rings (SSSR count). The summed E-state index contributed by atoms with van der Waals surface area (Å²) in [5.41, 5.74) is 6.90. The standard InChI is InChI=1S/C35H44N4Si2/c1-40(2,3)38(32-24-15-9-16-25-32)36-34(30-20-11-7-12-21-30)28-19-29-35(31-22-13-8-14-23-31)37-39(41(4,5)6)33-26-17-10-18-27-33/h7-18,20-27H,19,28-29H2,1-6H3/b36-34-,37-35+. The fourth-order valence-corrected chi connectivity index (χ4v) is 7.45. The van der Waals surface area contributed by atoms with Gasteiger partial charge in [-0.15, -0.1) is 0 Å². The molecule has 0 spiro atoms. The third-order valence-corrected chi connectivity index (χ3v) is 10.0. The van der Waals surface area contributed by atoms with Crippen LogP contribution in [0.25, 0.3) is 0 Å². The number of nitrogens with zero attached hydrogens (tertiary/aromatic N) is 4. The molecule has 4 aromatic rings. The van der Waals surface area contributed by atoms with Crippen molar-refractivity contribution in [2.45, 2.75) is 58.5 Å². The van der Waals surface area contributed by atoms with Gasteiger partial charge in [0.1, 0.15) is 0 Å². The molecule has 212 valence electrons.